The van der Waals surface area contributed by atoms with Crippen LogP contribution in [0.4, 0.5) is 0 Å². The fourth-order valence-corrected chi connectivity index (χ4v) is 4.19. The molecule has 1 aliphatic rings. The predicted octanol–water partition coefficient (Wildman–Crippen LogP) is 3.09. The summed E-state index contributed by atoms with van der Waals surface area (Å²) < 4.78 is 11.1. The van der Waals surface area contributed by atoms with Crippen molar-refractivity contribution in [1.29, 1.82) is 0 Å². The quantitative estimate of drug-likeness (QED) is 0.655. The highest BCUT2D eigenvalue weighted by molar-refractivity contribution is 7.50. The fourth-order valence-electron chi connectivity index (χ4n) is 3.50. The molecule has 2 rings (SSSR count). The van der Waals surface area contributed by atoms with Gasteiger partial charge in [0.15, 0.2) is 0 Å². The third kappa shape index (κ3) is 6.66. The minimum atomic E-state index is -4.00. The first-order valence-electron chi connectivity index (χ1n) is 8.85. The molecule has 0 spiro atoms. The van der Waals surface area contributed by atoms with Gasteiger partial charge < -0.3 is 15.5 Å². The van der Waals surface area contributed by atoms with Crippen molar-refractivity contribution in [3.05, 3.63) is 35.4 Å². The second-order valence-electron chi connectivity index (χ2n) is 7.53. The Kier molecular flexibility index (Phi) is 7.02. The van der Waals surface area contributed by atoms with Gasteiger partial charge in [0.05, 0.1) is 6.16 Å². The Morgan fingerprint density at radius 3 is 2.17 bits per heavy atom. The van der Waals surface area contributed by atoms with Crippen molar-refractivity contribution in [2.75, 3.05) is 6.54 Å². The summed E-state index contributed by atoms with van der Waals surface area (Å²) in [5.74, 6) is 0.606. The van der Waals surface area contributed by atoms with Gasteiger partial charge in [0.2, 0.25) is 0 Å². The summed E-state index contributed by atoms with van der Waals surface area (Å²) >= 11 is 0. The molecule has 0 amide bonds. The summed E-state index contributed by atoms with van der Waals surface area (Å²) in [5.41, 5.74) is 7.92. The van der Waals surface area contributed by atoms with Crippen LogP contribution in [0.15, 0.2) is 24.3 Å². The zero-order chi connectivity index (χ0) is 17.7. The SMILES string of the molecule is CC(C)CN(Cc1ccc(CP(=O)(O)O)cc1)C1CCC(N)CC1. The lowest BCUT2D eigenvalue weighted by atomic mass is 9.90. The van der Waals surface area contributed by atoms with E-state index in [2.05, 4.69) is 18.7 Å². The van der Waals surface area contributed by atoms with Crippen LogP contribution in [0.25, 0.3) is 0 Å². The van der Waals surface area contributed by atoms with Gasteiger partial charge in [0.1, 0.15) is 0 Å². The van der Waals surface area contributed by atoms with E-state index in [1.54, 1.807) is 0 Å². The van der Waals surface area contributed by atoms with Crippen molar-refractivity contribution in [2.45, 2.75) is 64.3 Å². The summed E-state index contributed by atoms with van der Waals surface area (Å²) in [6.45, 7) is 6.42. The maximum absolute atomic E-state index is 11.1. The molecule has 1 saturated carbocycles. The molecule has 0 aliphatic heterocycles. The molecule has 24 heavy (non-hydrogen) atoms. The molecule has 0 bridgehead atoms. The Bertz CT molecular complexity index is 548. The van der Waals surface area contributed by atoms with Crippen LogP contribution in [0, 0.1) is 5.92 Å². The van der Waals surface area contributed by atoms with E-state index >= 15 is 0 Å². The van der Waals surface area contributed by atoms with Crippen LogP contribution >= 0.6 is 7.60 Å². The molecule has 0 unspecified atom stereocenters. The number of nitrogens with two attached hydrogens (primary N) is 1. The van der Waals surface area contributed by atoms with Gasteiger partial charge in [-0.2, -0.15) is 0 Å². The topological polar surface area (TPSA) is 86.8 Å². The molecule has 1 aromatic rings. The zero-order valence-corrected chi connectivity index (χ0v) is 15.7. The molecular weight excluding hydrogens is 323 g/mol. The number of benzene rings is 1. The molecule has 1 aromatic carbocycles. The van der Waals surface area contributed by atoms with Gasteiger partial charge in [-0.05, 0) is 42.7 Å². The summed E-state index contributed by atoms with van der Waals surface area (Å²) in [6, 6.07) is 8.59. The zero-order valence-electron chi connectivity index (χ0n) is 14.8. The van der Waals surface area contributed by atoms with Gasteiger partial charge in [0.25, 0.3) is 0 Å². The highest BCUT2D eigenvalue weighted by Gasteiger charge is 2.25. The van der Waals surface area contributed by atoms with Crippen LogP contribution < -0.4 is 5.73 Å². The second kappa shape index (κ2) is 8.59. The average Bonchev–Trinajstić information content (AvgIpc) is 2.47. The van der Waals surface area contributed by atoms with E-state index in [4.69, 9.17) is 15.5 Å². The Hall–Kier alpha value is -0.710. The Balaban J connectivity index is 2.01. The van der Waals surface area contributed by atoms with Crippen LogP contribution in [0.5, 0.6) is 0 Å². The molecule has 0 radical (unpaired) electrons. The maximum Gasteiger partial charge on any atom is 0.329 e. The maximum atomic E-state index is 11.1. The van der Waals surface area contributed by atoms with Crippen molar-refractivity contribution < 1.29 is 14.4 Å². The van der Waals surface area contributed by atoms with Crippen molar-refractivity contribution in [3.63, 3.8) is 0 Å². The first kappa shape index (κ1) is 19.6. The van der Waals surface area contributed by atoms with Gasteiger partial charge in [-0.1, -0.05) is 38.1 Å². The van der Waals surface area contributed by atoms with E-state index in [1.165, 1.54) is 5.56 Å². The fraction of sp³-hybridized carbons (Fsp3) is 0.667. The minimum absolute atomic E-state index is 0.191. The average molecular weight is 354 g/mol. The largest absolute Gasteiger partial charge is 0.329 e. The third-order valence-corrected chi connectivity index (χ3v) is 5.43. The van der Waals surface area contributed by atoms with Gasteiger partial charge in [-0.15, -0.1) is 0 Å². The summed E-state index contributed by atoms with van der Waals surface area (Å²) in [6.07, 6.45) is 4.32. The summed E-state index contributed by atoms with van der Waals surface area (Å²) in [5, 5.41) is 0. The molecule has 0 saturated heterocycles. The van der Waals surface area contributed by atoms with E-state index < -0.39 is 7.60 Å². The molecule has 0 heterocycles. The molecule has 4 N–H and O–H groups in total. The van der Waals surface area contributed by atoms with Crippen LogP contribution in [0.1, 0.15) is 50.7 Å². The van der Waals surface area contributed by atoms with Crippen molar-refractivity contribution in [3.8, 4) is 0 Å². The van der Waals surface area contributed by atoms with Gasteiger partial charge in [-0.25, -0.2) is 0 Å². The molecule has 1 aliphatic carbocycles. The highest BCUT2D eigenvalue weighted by atomic mass is 31.2. The molecular formula is C18H31N2O3P. The van der Waals surface area contributed by atoms with Crippen LogP contribution in [-0.4, -0.2) is 33.3 Å². The molecule has 5 nitrogen and oxygen atoms in total. The number of hydrogen-bond acceptors (Lipinski definition) is 3. The first-order valence-corrected chi connectivity index (χ1v) is 10.6. The van der Waals surface area contributed by atoms with Gasteiger partial charge in [-0.3, -0.25) is 9.46 Å². The lowest BCUT2D eigenvalue weighted by Gasteiger charge is -2.37. The lowest BCUT2D eigenvalue weighted by molar-refractivity contribution is 0.127. The third-order valence-electron chi connectivity index (χ3n) is 4.65. The normalized spacial score (nSPS) is 22.3. The Labute approximate surface area is 145 Å². The van der Waals surface area contributed by atoms with E-state index in [0.29, 0.717) is 23.6 Å². The van der Waals surface area contributed by atoms with Crippen LogP contribution in [0.2, 0.25) is 0 Å². The Morgan fingerprint density at radius 2 is 1.67 bits per heavy atom. The smallest absolute Gasteiger partial charge is 0.328 e. The molecule has 0 atom stereocenters. The van der Waals surface area contributed by atoms with Gasteiger partial charge in [0, 0.05) is 25.2 Å². The summed E-state index contributed by atoms with van der Waals surface area (Å²) in [7, 11) is -4.00. The van der Waals surface area contributed by atoms with Crippen LogP contribution in [0.3, 0.4) is 0 Å². The summed E-state index contributed by atoms with van der Waals surface area (Å²) in [4.78, 5) is 20.7. The number of rotatable bonds is 7. The van der Waals surface area contributed by atoms with E-state index in [-0.39, 0.29) is 6.16 Å². The van der Waals surface area contributed by atoms with Crippen molar-refractivity contribution in [1.82, 2.24) is 4.90 Å². The molecule has 136 valence electrons. The van der Waals surface area contributed by atoms with Crippen molar-refractivity contribution >= 4 is 7.60 Å². The van der Waals surface area contributed by atoms with E-state index in [1.807, 2.05) is 24.3 Å². The molecule has 1 fully saturated rings. The molecule has 0 aromatic heterocycles. The molecule has 6 heteroatoms. The monoisotopic (exact) mass is 354 g/mol. The lowest BCUT2D eigenvalue weighted by Crippen LogP contribution is -2.42. The van der Waals surface area contributed by atoms with Crippen LogP contribution in [-0.2, 0) is 17.3 Å². The van der Waals surface area contributed by atoms with E-state index in [0.717, 1.165) is 38.8 Å². The van der Waals surface area contributed by atoms with E-state index in [9.17, 15) is 4.57 Å². The first-order chi connectivity index (χ1) is 11.2. The number of nitrogens with zero attached hydrogens (tertiary/aromatic N) is 1. The highest BCUT2D eigenvalue weighted by Crippen LogP contribution is 2.39. The Morgan fingerprint density at radius 1 is 1.12 bits per heavy atom. The second-order valence-corrected chi connectivity index (χ2v) is 9.18. The minimum Gasteiger partial charge on any atom is -0.328 e. The predicted molar refractivity (Wildman–Crippen MR) is 97.7 cm³/mol. The standard InChI is InChI=1S/C18H31N2O3P/c1-14(2)11-20(18-9-7-17(19)8-10-18)12-15-3-5-16(6-4-15)13-24(21,22)23/h3-6,14,17-18H,7-13,19H2,1-2H3,(H2,21,22,23). The number of hydrogen-bond donors (Lipinski definition) is 3. The van der Waals surface area contributed by atoms with Crippen molar-refractivity contribution in [2.24, 2.45) is 11.7 Å². The van der Waals surface area contributed by atoms with Gasteiger partial charge >= 0.3 is 7.60 Å².